The zero-order valence-corrected chi connectivity index (χ0v) is 11.3. The Balaban J connectivity index is 2.30. The SMILES string of the molecule is CC(NC1CCOc2c(Cl)cc(Cl)cc21)C(=O)O. The van der Waals surface area contributed by atoms with Crippen LogP contribution in [-0.4, -0.2) is 23.7 Å². The van der Waals surface area contributed by atoms with E-state index in [1.807, 2.05) is 0 Å². The van der Waals surface area contributed by atoms with Crippen LogP contribution in [0.3, 0.4) is 0 Å². The van der Waals surface area contributed by atoms with E-state index in [0.717, 1.165) is 5.56 Å². The van der Waals surface area contributed by atoms with Gasteiger partial charge in [-0.1, -0.05) is 23.2 Å². The first kappa shape index (κ1) is 13.5. The molecule has 0 bridgehead atoms. The van der Waals surface area contributed by atoms with E-state index in [4.69, 9.17) is 33.0 Å². The molecule has 0 fully saturated rings. The standard InChI is InChI=1S/C12H13Cl2NO3/c1-6(12(16)17)15-10-2-3-18-11-8(10)4-7(13)5-9(11)14/h4-6,10,15H,2-3H2,1H3,(H,16,17). The van der Waals surface area contributed by atoms with Gasteiger partial charge in [0.15, 0.2) is 0 Å². The summed E-state index contributed by atoms with van der Waals surface area (Å²) in [4.78, 5) is 10.9. The minimum absolute atomic E-state index is 0.115. The summed E-state index contributed by atoms with van der Waals surface area (Å²) in [7, 11) is 0. The van der Waals surface area contributed by atoms with Gasteiger partial charge in [-0.2, -0.15) is 0 Å². The van der Waals surface area contributed by atoms with E-state index in [2.05, 4.69) is 5.32 Å². The van der Waals surface area contributed by atoms with E-state index in [0.29, 0.717) is 28.8 Å². The molecule has 0 radical (unpaired) electrons. The summed E-state index contributed by atoms with van der Waals surface area (Å²) in [6.07, 6.45) is 0.682. The second-order valence-electron chi connectivity index (χ2n) is 4.22. The lowest BCUT2D eigenvalue weighted by Gasteiger charge is -2.29. The molecule has 0 aliphatic carbocycles. The van der Waals surface area contributed by atoms with Crippen LogP contribution in [0.25, 0.3) is 0 Å². The van der Waals surface area contributed by atoms with Crippen LogP contribution in [-0.2, 0) is 4.79 Å². The molecule has 1 aliphatic rings. The average Bonchev–Trinajstić information content (AvgIpc) is 2.29. The first-order valence-electron chi connectivity index (χ1n) is 5.59. The molecular weight excluding hydrogens is 277 g/mol. The van der Waals surface area contributed by atoms with Crippen molar-refractivity contribution in [3.63, 3.8) is 0 Å². The predicted molar refractivity (Wildman–Crippen MR) is 69.5 cm³/mol. The quantitative estimate of drug-likeness (QED) is 0.898. The van der Waals surface area contributed by atoms with Crippen molar-refractivity contribution in [1.29, 1.82) is 0 Å². The third-order valence-electron chi connectivity index (χ3n) is 2.89. The Labute approximate surface area is 115 Å². The van der Waals surface area contributed by atoms with Crippen molar-refractivity contribution < 1.29 is 14.6 Å². The van der Waals surface area contributed by atoms with Crippen LogP contribution in [0.15, 0.2) is 12.1 Å². The van der Waals surface area contributed by atoms with Gasteiger partial charge < -0.3 is 9.84 Å². The molecule has 1 aliphatic heterocycles. The molecule has 1 aromatic carbocycles. The highest BCUT2D eigenvalue weighted by Gasteiger charge is 2.26. The van der Waals surface area contributed by atoms with Gasteiger partial charge in [0.25, 0.3) is 0 Å². The first-order valence-corrected chi connectivity index (χ1v) is 6.35. The summed E-state index contributed by atoms with van der Waals surface area (Å²) in [5, 5.41) is 12.9. The van der Waals surface area contributed by atoms with Gasteiger partial charge in [0.05, 0.1) is 11.6 Å². The number of nitrogens with one attached hydrogen (secondary N) is 1. The Bertz CT molecular complexity index is 479. The van der Waals surface area contributed by atoms with Crippen molar-refractivity contribution in [2.45, 2.75) is 25.4 Å². The normalized spacial score (nSPS) is 19.8. The summed E-state index contributed by atoms with van der Waals surface area (Å²) >= 11 is 12.0. The van der Waals surface area contributed by atoms with E-state index >= 15 is 0 Å². The molecule has 0 saturated heterocycles. The van der Waals surface area contributed by atoms with E-state index in [1.54, 1.807) is 19.1 Å². The first-order chi connectivity index (χ1) is 8.49. The van der Waals surface area contributed by atoms with Gasteiger partial charge in [-0.3, -0.25) is 10.1 Å². The summed E-state index contributed by atoms with van der Waals surface area (Å²) in [6.45, 7) is 2.10. The van der Waals surface area contributed by atoms with Crippen LogP contribution in [0.2, 0.25) is 10.0 Å². The Morgan fingerprint density at radius 2 is 2.28 bits per heavy atom. The van der Waals surface area contributed by atoms with Crippen molar-refractivity contribution in [2.24, 2.45) is 0 Å². The molecule has 4 nitrogen and oxygen atoms in total. The Morgan fingerprint density at radius 1 is 1.56 bits per heavy atom. The molecule has 2 unspecified atom stereocenters. The van der Waals surface area contributed by atoms with E-state index in [1.165, 1.54) is 0 Å². The van der Waals surface area contributed by atoms with E-state index < -0.39 is 12.0 Å². The lowest BCUT2D eigenvalue weighted by Crippen LogP contribution is -2.38. The minimum atomic E-state index is -0.892. The number of aliphatic carboxylic acids is 1. The van der Waals surface area contributed by atoms with Crippen molar-refractivity contribution in [3.05, 3.63) is 27.7 Å². The zero-order valence-electron chi connectivity index (χ0n) is 9.74. The molecular formula is C12H13Cl2NO3. The van der Waals surface area contributed by atoms with Crippen molar-refractivity contribution >= 4 is 29.2 Å². The number of fused-ring (bicyclic) bond motifs is 1. The second-order valence-corrected chi connectivity index (χ2v) is 5.07. The third kappa shape index (κ3) is 2.71. The highest BCUT2D eigenvalue weighted by Crippen LogP contribution is 2.40. The minimum Gasteiger partial charge on any atom is -0.492 e. The molecule has 1 aromatic rings. The predicted octanol–water partition coefficient (Wildman–Crippen LogP) is 2.88. The summed E-state index contributed by atoms with van der Waals surface area (Å²) in [5.74, 6) is -0.307. The average molecular weight is 290 g/mol. The molecule has 0 aromatic heterocycles. The largest absolute Gasteiger partial charge is 0.492 e. The molecule has 1 heterocycles. The van der Waals surface area contributed by atoms with Crippen LogP contribution in [0.4, 0.5) is 0 Å². The monoisotopic (exact) mass is 289 g/mol. The molecule has 2 atom stereocenters. The topological polar surface area (TPSA) is 58.6 Å². The lowest BCUT2D eigenvalue weighted by molar-refractivity contribution is -0.139. The maximum Gasteiger partial charge on any atom is 0.320 e. The van der Waals surface area contributed by atoms with Gasteiger partial charge in [-0.05, 0) is 19.1 Å². The van der Waals surface area contributed by atoms with Crippen LogP contribution < -0.4 is 10.1 Å². The van der Waals surface area contributed by atoms with Gasteiger partial charge in [0.2, 0.25) is 0 Å². The van der Waals surface area contributed by atoms with Crippen LogP contribution >= 0.6 is 23.2 Å². The van der Waals surface area contributed by atoms with Crippen molar-refractivity contribution in [3.8, 4) is 5.75 Å². The number of carboxylic acid groups (broad SMARTS) is 1. The second kappa shape index (κ2) is 5.34. The number of hydrogen-bond donors (Lipinski definition) is 2. The van der Waals surface area contributed by atoms with Gasteiger partial charge in [-0.25, -0.2) is 0 Å². The molecule has 18 heavy (non-hydrogen) atoms. The molecule has 2 N–H and O–H groups in total. The van der Waals surface area contributed by atoms with Gasteiger partial charge in [0, 0.05) is 23.0 Å². The Hall–Kier alpha value is -0.970. The fraction of sp³-hybridized carbons (Fsp3) is 0.417. The van der Waals surface area contributed by atoms with Gasteiger partial charge in [0.1, 0.15) is 11.8 Å². The smallest absolute Gasteiger partial charge is 0.320 e. The van der Waals surface area contributed by atoms with E-state index in [9.17, 15) is 4.79 Å². The number of benzene rings is 1. The number of halogens is 2. The lowest BCUT2D eigenvalue weighted by atomic mass is 9.99. The van der Waals surface area contributed by atoms with Gasteiger partial charge >= 0.3 is 5.97 Å². The number of carboxylic acids is 1. The Morgan fingerprint density at radius 3 is 2.94 bits per heavy atom. The van der Waals surface area contributed by atoms with E-state index in [-0.39, 0.29) is 6.04 Å². The summed E-state index contributed by atoms with van der Waals surface area (Å²) < 4.78 is 5.50. The molecule has 2 rings (SSSR count). The summed E-state index contributed by atoms with van der Waals surface area (Å²) in [5.41, 5.74) is 0.812. The molecule has 6 heteroatoms. The number of carbonyl (C=O) groups is 1. The number of ether oxygens (including phenoxy) is 1. The fourth-order valence-electron chi connectivity index (χ4n) is 1.97. The van der Waals surface area contributed by atoms with Crippen LogP contribution in [0.1, 0.15) is 24.9 Å². The van der Waals surface area contributed by atoms with Crippen LogP contribution in [0, 0.1) is 0 Å². The maximum atomic E-state index is 10.9. The molecule has 0 saturated carbocycles. The molecule has 0 amide bonds. The van der Waals surface area contributed by atoms with Gasteiger partial charge in [-0.15, -0.1) is 0 Å². The fourth-order valence-corrected chi connectivity index (χ4v) is 2.54. The highest BCUT2D eigenvalue weighted by molar-refractivity contribution is 6.35. The van der Waals surface area contributed by atoms with Crippen molar-refractivity contribution in [2.75, 3.05) is 6.61 Å². The maximum absolute atomic E-state index is 10.9. The highest BCUT2D eigenvalue weighted by atomic mass is 35.5. The zero-order chi connectivity index (χ0) is 13.3. The molecule has 98 valence electrons. The van der Waals surface area contributed by atoms with Crippen LogP contribution in [0.5, 0.6) is 5.75 Å². The Kier molecular flexibility index (Phi) is 4.00. The number of hydrogen-bond acceptors (Lipinski definition) is 3. The molecule has 0 spiro atoms. The van der Waals surface area contributed by atoms with Crippen molar-refractivity contribution in [1.82, 2.24) is 5.32 Å². The summed E-state index contributed by atoms with van der Waals surface area (Å²) in [6, 6.07) is 2.62. The third-order valence-corrected chi connectivity index (χ3v) is 3.39. The number of rotatable bonds is 3.